The molecular formula is C12H21N3O. The Kier molecular flexibility index (Phi) is 4.22. The van der Waals surface area contributed by atoms with E-state index in [-0.39, 0.29) is 0 Å². The summed E-state index contributed by atoms with van der Waals surface area (Å²) < 4.78 is 7.84. The quantitative estimate of drug-likeness (QED) is 0.827. The van der Waals surface area contributed by atoms with Crippen molar-refractivity contribution in [3.8, 4) is 5.75 Å². The van der Waals surface area contributed by atoms with E-state index in [4.69, 9.17) is 4.74 Å². The van der Waals surface area contributed by atoms with Crippen LogP contribution in [0.5, 0.6) is 5.75 Å². The summed E-state index contributed by atoms with van der Waals surface area (Å²) in [6.07, 6.45) is 10.6. The second-order valence-electron chi connectivity index (χ2n) is 4.42. The average molecular weight is 223 g/mol. The summed E-state index contributed by atoms with van der Waals surface area (Å²) >= 11 is 0. The van der Waals surface area contributed by atoms with Crippen molar-refractivity contribution in [1.82, 2.24) is 15.1 Å². The van der Waals surface area contributed by atoms with E-state index in [9.17, 15) is 0 Å². The third-order valence-corrected chi connectivity index (χ3v) is 3.06. The molecule has 0 amide bonds. The number of nitrogens with one attached hydrogen (secondary N) is 1. The molecule has 4 nitrogen and oxygen atoms in total. The molecule has 0 aromatic carbocycles. The van der Waals surface area contributed by atoms with Crippen molar-refractivity contribution < 1.29 is 4.74 Å². The average Bonchev–Trinajstić information content (AvgIpc) is 2.75. The third kappa shape index (κ3) is 3.23. The Bertz CT molecular complexity index is 305. The van der Waals surface area contributed by atoms with Gasteiger partial charge in [0.1, 0.15) is 0 Å². The number of ether oxygens (including phenoxy) is 1. The first-order valence-corrected chi connectivity index (χ1v) is 6.22. The molecule has 1 N–H and O–H groups in total. The molecule has 1 aliphatic carbocycles. The molecule has 1 aliphatic rings. The normalized spacial score (nSPS) is 17.6. The predicted molar refractivity (Wildman–Crippen MR) is 63.7 cm³/mol. The molecule has 90 valence electrons. The van der Waals surface area contributed by atoms with E-state index < -0.39 is 0 Å². The minimum Gasteiger partial charge on any atom is -0.487 e. The fourth-order valence-corrected chi connectivity index (χ4v) is 2.13. The van der Waals surface area contributed by atoms with Crippen molar-refractivity contribution in [1.29, 1.82) is 0 Å². The van der Waals surface area contributed by atoms with Crippen LogP contribution in [0.25, 0.3) is 0 Å². The zero-order chi connectivity index (χ0) is 11.2. The van der Waals surface area contributed by atoms with E-state index in [0.717, 1.165) is 18.8 Å². The Morgan fingerprint density at radius 2 is 2.25 bits per heavy atom. The lowest BCUT2D eigenvalue weighted by Crippen LogP contribution is -2.19. The molecule has 1 aromatic rings. The number of likely N-dealkylation sites (N-methyl/N-ethyl adjacent to an activating group) is 1. The van der Waals surface area contributed by atoms with Crippen LogP contribution < -0.4 is 10.1 Å². The zero-order valence-electron chi connectivity index (χ0n) is 9.98. The predicted octanol–water partition coefficient (Wildman–Crippen LogP) is 1.81. The Morgan fingerprint density at radius 3 is 3.00 bits per heavy atom. The molecule has 0 bridgehead atoms. The van der Waals surface area contributed by atoms with Crippen LogP contribution in [0.2, 0.25) is 0 Å². The van der Waals surface area contributed by atoms with Crippen LogP contribution in [0.15, 0.2) is 12.4 Å². The van der Waals surface area contributed by atoms with Crippen molar-refractivity contribution in [2.45, 2.75) is 44.8 Å². The molecule has 0 aliphatic heterocycles. The van der Waals surface area contributed by atoms with Crippen molar-refractivity contribution in [3.05, 3.63) is 12.4 Å². The zero-order valence-corrected chi connectivity index (χ0v) is 9.98. The number of aromatic nitrogens is 2. The smallest absolute Gasteiger partial charge is 0.157 e. The van der Waals surface area contributed by atoms with Gasteiger partial charge in [0.05, 0.1) is 25.0 Å². The molecule has 1 fully saturated rings. The summed E-state index contributed by atoms with van der Waals surface area (Å²) in [6, 6.07) is 0. The Morgan fingerprint density at radius 1 is 1.44 bits per heavy atom. The summed E-state index contributed by atoms with van der Waals surface area (Å²) in [7, 11) is 1.95. The molecule has 4 heteroatoms. The summed E-state index contributed by atoms with van der Waals surface area (Å²) in [5, 5.41) is 7.38. The molecule has 0 saturated heterocycles. The third-order valence-electron chi connectivity index (χ3n) is 3.06. The van der Waals surface area contributed by atoms with E-state index in [1.54, 1.807) is 0 Å². The fourth-order valence-electron chi connectivity index (χ4n) is 2.13. The maximum absolute atomic E-state index is 5.91. The Labute approximate surface area is 97.0 Å². The van der Waals surface area contributed by atoms with Crippen molar-refractivity contribution in [2.24, 2.45) is 0 Å². The topological polar surface area (TPSA) is 39.1 Å². The van der Waals surface area contributed by atoms with Gasteiger partial charge in [-0.3, -0.25) is 4.68 Å². The van der Waals surface area contributed by atoms with Crippen molar-refractivity contribution >= 4 is 0 Å². The molecule has 1 saturated carbocycles. The molecule has 1 aromatic heterocycles. The SMILES string of the molecule is CNCCn1cc(OC2CCCCC2)cn1. The minimum absolute atomic E-state index is 0.413. The molecule has 16 heavy (non-hydrogen) atoms. The van der Waals surface area contributed by atoms with Crippen LogP contribution in [0.1, 0.15) is 32.1 Å². The standard InChI is InChI=1S/C12H21N3O/c1-13-7-8-15-10-12(9-14-15)16-11-5-3-2-4-6-11/h9-11,13H,2-8H2,1H3. The molecule has 0 spiro atoms. The van der Waals surface area contributed by atoms with E-state index in [1.165, 1.54) is 32.1 Å². The highest BCUT2D eigenvalue weighted by atomic mass is 16.5. The highest BCUT2D eigenvalue weighted by molar-refractivity contribution is 5.12. The van der Waals surface area contributed by atoms with Gasteiger partial charge in [0.2, 0.25) is 0 Å². The van der Waals surface area contributed by atoms with E-state index in [2.05, 4.69) is 10.4 Å². The maximum Gasteiger partial charge on any atom is 0.157 e. The number of hydrogen-bond donors (Lipinski definition) is 1. The van der Waals surface area contributed by atoms with Gasteiger partial charge in [-0.15, -0.1) is 0 Å². The number of hydrogen-bond acceptors (Lipinski definition) is 3. The fraction of sp³-hybridized carbons (Fsp3) is 0.750. The first-order chi connectivity index (χ1) is 7.88. The van der Waals surface area contributed by atoms with Gasteiger partial charge < -0.3 is 10.1 Å². The lowest BCUT2D eigenvalue weighted by atomic mass is 9.98. The lowest BCUT2D eigenvalue weighted by molar-refractivity contribution is 0.155. The number of nitrogens with zero attached hydrogens (tertiary/aromatic N) is 2. The summed E-state index contributed by atoms with van der Waals surface area (Å²) in [6.45, 7) is 1.83. The van der Waals surface area contributed by atoms with Crippen LogP contribution in [0.4, 0.5) is 0 Å². The molecule has 0 unspecified atom stereocenters. The van der Waals surface area contributed by atoms with Gasteiger partial charge in [0.25, 0.3) is 0 Å². The molecule has 1 heterocycles. The van der Waals surface area contributed by atoms with Gasteiger partial charge >= 0.3 is 0 Å². The largest absolute Gasteiger partial charge is 0.487 e. The summed E-state index contributed by atoms with van der Waals surface area (Å²) in [4.78, 5) is 0. The second-order valence-corrected chi connectivity index (χ2v) is 4.42. The molecule has 0 atom stereocenters. The maximum atomic E-state index is 5.91. The summed E-state index contributed by atoms with van der Waals surface area (Å²) in [5.41, 5.74) is 0. The van der Waals surface area contributed by atoms with Crippen LogP contribution in [0.3, 0.4) is 0 Å². The van der Waals surface area contributed by atoms with Gasteiger partial charge in [-0.05, 0) is 32.7 Å². The molecular weight excluding hydrogens is 202 g/mol. The van der Waals surface area contributed by atoms with Gasteiger partial charge in [-0.2, -0.15) is 5.10 Å². The molecule has 2 rings (SSSR count). The Balaban J connectivity index is 1.81. The lowest BCUT2D eigenvalue weighted by Gasteiger charge is -2.21. The van der Waals surface area contributed by atoms with Crippen molar-refractivity contribution in [2.75, 3.05) is 13.6 Å². The highest BCUT2D eigenvalue weighted by Gasteiger charge is 2.15. The molecule has 0 radical (unpaired) electrons. The van der Waals surface area contributed by atoms with E-state index >= 15 is 0 Å². The first-order valence-electron chi connectivity index (χ1n) is 6.22. The van der Waals surface area contributed by atoms with Crippen LogP contribution in [-0.4, -0.2) is 29.5 Å². The highest BCUT2D eigenvalue weighted by Crippen LogP contribution is 2.22. The first kappa shape index (κ1) is 11.5. The second kappa shape index (κ2) is 5.89. The monoisotopic (exact) mass is 223 g/mol. The van der Waals surface area contributed by atoms with Crippen LogP contribution in [-0.2, 0) is 6.54 Å². The van der Waals surface area contributed by atoms with Crippen molar-refractivity contribution in [3.63, 3.8) is 0 Å². The summed E-state index contributed by atoms with van der Waals surface area (Å²) in [5.74, 6) is 0.919. The van der Waals surface area contributed by atoms with Crippen LogP contribution >= 0.6 is 0 Å². The minimum atomic E-state index is 0.413. The van der Waals surface area contributed by atoms with Gasteiger partial charge in [0.15, 0.2) is 5.75 Å². The van der Waals surface area contributed by atoms with Gasteiger partial charge in [-0.1, -0.05) is 6.42 Å². The Hall–Kier alpha value is -1.03. The van der Waals surface area contributed by atoms with E-state index in [0.29, 0.717) is 6.10 Å². The van der Waals surface area contributed by atoms with Gasteiger partial charge in [0, 0.05) is 6.54 Å². The number of rotatable bonds is 5. The van der Waals surface area contributed by atoms with Crippen LogP contribution in [0, 0.1) is 0 Å². The van der Waals surface area contributed by atoms with Gasteiger partial charge in [-0.25, -0.2) is 0 Å². The van der Waals surface area contributed by atoms with E-state index in [1.807, 2.05) is 24.1 Å².